The maximum Gasteiger partial charge on any atom is 0.191 e. The number of rotatable bonds is 9. The Balaban J connectivity index is 0.00000364. The van der Waals surface area contributed by atoms with Gasteiger partial charge in [-0.1, -0.05) is 0 Å². The summed E-state index contributed by atoms with van der Waals surface area (Å²) in [5.41, 5.74) is -1.15. The van der Waals surface area contributed by atoms with E-state index in [1.165, 1.54) is 18.4 Å². The number of nitrogens with one attached hydrogen (secondary N) is 2. The molecule has 0 bridgehead atoms. The topological polar surface area (TPSA) is 69.8 Å². The molecule has 27 heavy (non-hydrogen) atoms. The fourth-order valence-electron chi connectivity index (χ4n) is 2.24. The van der Waals surface area contributed by atoms with E-state index in [1.54, 1.807) is 43.0 Å². The minimum atomic E-state index is -1.15. The van der Waals surface area contributed by atoms with Gasteiger partial charge in [0.05, 0.1) is 12.8 Å². The van der Waals surface area contributed by atoms with Crippen molar-refractivity contribution in [2.45, 2.75) is 30.8 Å². The van der Waals surface area contributed by atoms with Crippen LogP contribution in [0.15, 0.2) is 57.0 Å². The third kappa shape index (κ3) is 8.52. The maximum absolute atomic E-state index is 12.9. The zero-order valence-electron chi connectivity index (χ0n) is 15.6. The number of hydrogen-bond acceptors (Lipinski definition) is 4. The number of furan rings is 1. The summed E-state index contributed by atoms with van der Waals surface area (Å²) >= 11 is 1.69. The number of guanidine groups is 1. The molecule has 1 aromatic carbocycles. The van der Waals surface area contributed by atoms with Crippen LogP contribution < -0.4 is 10.6 Å². The Kier molecular flexibility index (Phi) is 10.8. The lowest BCUT2D eigenvalue weighted by Crippen LogP contribution is -2.39. The van der Waals surface area contributed by atoms with Gasteiger partial charge in [-0.3, -0.25) is 0 Å². The van der Waals surface area contributed by atoms with E-state index in [2.05, 4.69) is 15.6 Å². The van der Waals surface area contributed by atoms with Crippen LogP contribution in [0, 0.1) is 5.82 Å². The zero-order chi connectivity index (χ0) is 18.8. The second-order valence-electron chi connectivity index (χ2n) is 6.03. The van der Waals surface area contributed by atoms with Crippen LogP contribution in [0.2, 0.25) is 0 Å². The number of aliphatic imine (C=N–C) groups is 1. The van der Waals surface area contributed by atoms with Crippen LogP contribution in [0.1, 0.15) is 26.0 Å². The third-order valence-electron chi connectivity index (χ3n) is 3.64. The van der Waals surface area contributed by atoms with E-state index in [0.29, 0.717) is 11.7 Å². The molecule has 0 saturated carbocycles. The lowest BCUT2D eigenvalue weighted by Gasteiger charge is -2.19. The molecule has 0 fully saturated rings. The third-order valence-corrected chi connectivity index (χ3v) is 4.74. The summed E-state index contributed by atoms with van der Waals surface area (Å²) in [7, 11) is 0. The van der Waals surface area contributed by atoms with E-state index in [0.717, 1.165) is 30.2 Å². The lowest BCUT2D eigenvalue weighted by molar-refractivity contribution is 0.0437. The first kappa shape index (κ1) is 23.8. The van der Waals surface area contributed by atoms with E-state index in [4.69, 9.17) is 4.42 Å². The summed E-state index contributed by atoms with van der Waals surface area (Å²) in [5.74, 6) is 1.86. The Bertz CT molecular complexity index is 679. The average Bonchev–Trinajstić information content (AvgIpc) is 3.16. The highest BCUT2D eigenvalue weighted by molar-refractivity contribution is 14.0. The van der Waals surface area contributed by atoms with Crippen molar-refractivity contribution >= 4 is 41.7 Å². The van der Waals surface area contributed by atoms with Crippen LogP contribution >= 0.6 is 35.7 Å². The fraction of sp³-hybridized carbons (Fsp3) is 0.421. The summed E-state index contributed by atoms with van der Waals surface area (Å²) in [4.78, 5) is 5.50. The first-order valence-electron chi connectivity index (χ1n) is 8.68. The average molecular weight is 507 g/mol. The molecule has 2 rings (SSSR count). The molecule has 0 amide bonds. The Morgan fingerprint density at radius 2 is 2.00 bits per heavy atom. The quantitative estimate of drug-likeness (QED) is 0.158. The van der Waals surface area contributed by atoms with Gasteiger partial charge in [-0.05, 0) is 62.4 Å². The van der Waals surface area contributed by atoms with Crippen LogP contribution in [0.3, 0.4) is 0 Å². The summed E-state index contributed by atoms with van der Waals surface area (Å²) in [5, 5.41) is 16.9. The second-order valence-corrected chi connectivity index (χ2v) is 7.20. The molecule has 3 N–H and O–H groups in total. The standard InChI is InChI=1S/C19H26FN3O2S.HI/c1-3-21-18(23-14-19(2,24)17-6-4-12-25-17)22-11-5-13-26-16-9-7-15(20)8-10-16;/h4,6-10,12,24H,3,5,11,13-14H2,1-2H3,(H2,21,22,23);1H. The van der Waals surface area contributed by atoms with Crippen LogP contribution in [0.25, 0.3) is 0 Å². The number of hydrogen-bond donors (Lipinski definition) is 3. The van der Waals surface area contributed by atoms with Crippen LogP contribution in [-0.4, -0.2) is 36.5 Å². The number of thioether (sulfide) groups is 1. The van der Waals surface area contributed by atoms with E-state index in [9.17, 15) is 9.50 Å². The Morgan fingerprint density at radius 3 is 2.63 bits per heavy atom. The highest BCUT2D eigenvalue weighted by Gasteiger charge is 2.25. The highest BCUT2D eigenvalue weighted by Crippen LogP contribution is 2.21. The number of aliphatic hydroxyl groups is 1. The monoisotopic (exact) mass is 507 g/mol. The van der Waals surface area contributed by atoms with Crippen LogP contribution in [0.5, 0.6) is 0 Å². The minimum Gasteiger partial charge on any atom is -0.466 e. The van der Waals surface area contributed by atoms with Gasteiger partial charge in [-0.15, -0.1) is 35.7 Å². The number of halogens is 2. The van der Waals surface area contributed by atoms with Gasteiger partial charge >= 0.3 is 0 Å². The van der Waals surface area contributed by atoms with Gasteiger partial charge < -0.3 is 20.2 Å². The van der Waals surface area contributed by atoms with Crippen molar-refractivity contribution < 1.29 is 13.9 Å². The number of nitrogens with zero attached hydrogens (tertiary/aromatic N) is 1. The largest absolute Gasteiger partial charge is 0.466 e. The molecule has 0 aliphatic heterocycles. The first-order chi connectivity index (χ1) is 12.5. The van der Waals surface area contributed by atoms with Gasteiger partial charge in [0.1, 0.15) is 17.2 Å². The van der Waals surface area contributed by atoms with Crippen molar-refractivity contribution in [3.63, 3.8) is 0 Å². The molecule has 8 heteroatoms. The van der Waals surface area contributed by atoms with Crippen molar-refractivity contribution in [3.05, 3.63) is 54.2 Å². The van der Waals surface area contributed by atoms with Crippen molar-refractivity contribution in [2.24, 2.45) is 4.99 Å². The molecular formula is C19H27FIN3O2S. The molecule has 0 spiro atoms. The van der Waals surface area contributed by atoms with E-state index < -0.39 is 5.60 Å². The van der Waals surface area contributed by atoms with E-state index in [1.807, 2.05) is 6.92 Å². The SMILES string of the molecule is CCNC(=NCC(C)(O)c1ccco1)NCCCSc1ccc(F)cc1.I. The molecule has 2 aromatic rings. The van der Waals surface area contributed by atoms with Crippen molar-refractivity contribution in [2.75, 3.05) is 25.4 Å². The Hall–Kier alpha value is -1.26. The lowest BCUT2D eigenvalue weighted by atomic mass is 10.0. The predicted octanol–water partition coefficient (Wildman–Crippen LogP) is 3.98. The van der Waals surface area contributed by atoms with Gasteiger partial charge in [0.15, 0.2) is 5.96 Å². The fourth-order valence-corrected chi connectivity index (χ4v) is 3.09. The molecule has 150 valence electrons. The molecule has 0 aliphatic carbocycles. The van der Waals surface area contributed by atoms with Crippen molar-refractivity contribution in [1.29, 1.82) is 0 Å². The van der Waals surface area contributed by atoms with Gasteiger partial charge in [0.2, 0.25) is 0 Å². The van der Waals surface area contributed by atoms with Gasteiger partial charge in [-0.25, -0.2) is 9.38 Å². The van der Waals surface area contributed by atoms with Crippen molar-refractivity contribution in [3.8, 4) is 0 Å². The normalized spacial score (nSPS) is 13.6. The second kappa shape index (κ2) is 12.2. The highest BCUT2D eigenvalue weighted by atomic mass is 127. The molecule has 0 radical (unpaired) electrons. The molecule has 1 aromatic heterocycles. The maximum atomic E-state index is 12.9. The zero-order valence-corrected chi connectivity index (χ0v) is 18.7. The molecule has 1 atom stereocenters. The van der Waals surface area contributed by atoms with Crippen LogP contribution in [0.4, 0.5) is 4.39 Å². The van der Waals surface area contributed by atoms with Crippen molar-refractivity contribution in [1.82, 2.24) is 10.6 Å². The first-order valence-corrected chi connectivity index (χ1v) is 9.67. The Morgan fingerprint density at radius 1 is 1.26 bits per heavy atom. The minimum absolute atomic E-state index is 0. The molecular weight excluding hydrogens is 480 g/mol. The molecule has 0 aliphatic rings. The van der Waals surface area contributed by atoms with E-state index in [-0.39, 0.29) is 36.3 Å². The molecule has 1 unspecified atom stereocenters. The molecule has 5 nitrogen and oxygen atoms in total. The van der Waals surface area contributed by atoms with Gasteiger partial charge in [0.25, 0.3) is 0 Å². The summed E-state index contributed by atoms with van der Waals surface area (Å²) in [6, 6.07) is 10.0. The molecule has 1 heterocycles. The van der Waals surface area contributed by atoms with E-state index >= 15 is 0 Å². The predicted molar refractivity (Wildman–Crippen MR) is 119 cm³/mol. The molecule has 0 saturated heterocycles. The van der Waals surface area contributed by atoms with Gasteiger partial charge in [0, 0.05) is 18.0 Å². The summed E-state index contributed by atoms with van der Waals surface area (Å²) in [6.07, 6.45) is 2.47. The van der Waals surface area contributed by atoms with Crippen LogP contribution in [-0.2, 0) is 5.60 Å². The summed E-state index contributed by atoms with van der Waals surface area (Å²) in [6.45, 7) is 5.35. The number of benzene rings is 1. The summed E-state index contributed by atoms with van der Waals surface area (Å²) < 4.78 is 18.1. The van der Waals surface area contributed by atoms with Gasteiger partial charge in [-0.2, -0.15) is 0 Å². The Labute approximate surface area is 181 Å². The smallest absolute Gasteiger partial charge is 0.191 e.